The minimum atomic E-state index is -1.06. The van der Waals surface area contributed by atoms with Crippen molar-refractivity contribution in [1.29, 1.82) is 0 Å². The van der Waals surface area contributed by atoms with Crippen molar-refractivity contribution >= 4 is 24.2 Å². The summed E-state index contributed by atoms with van der Waals surface area (Å²) in [5.41, 5.74) is 6.48. The van der Waals surface area contributed by atoms with Crippen LogP contribution in [0, 0.1) is 11.8 Å². The minimum Gasteiger partial charge on any atom is -0.462 e. The molecule has 1 rings (SSSR count). The van der Waals surface area contributed by atoms with Gasteiger partial charge in [0.05, 0.1) is 13.2 Å². The number of carbonyl (C=O) groups is 4. The standard InChI is InChI=1S/C26H39NO10/c1-7-16(3)13-33-25(30)36-22-10-9-20(12-23(22)37-26(31)34-14-17(4)8-2)11-21(27)24(29)35-18(5)15-32-19(6)28/h9-10,12,16-18,21H,7-8,11,13-15,27H2,1-6H3/t16?,17?,18-,21-/m0/s1. The van der Waals surface area contributed by atoms with Gasteiger partial charge in [0, 0.05) is 6.92 Å². The Morgan fingerprint density at radius 1 is 0.811 bits per heavy atom. The Bertz CT molecular complexity index is 903. The average molecular weight is 526 g/mol. The van der Waals surface area contributed by atoms with Gasteiger partial charge in [0.25, 0.3) is 0 Å². The second-order valence-corrected chi connectivity index (χ2v) is 8.99. The molecule has 0 aliphatic heterocycles. The van der Waals surface area contributed by atoms with Crippen molar-refractivity contribution in [3.8, 4) is 11.5 Å². The number of nitrogens with two attached hydrogens (primary N) is 1. The lowest BCUT2D eigenvalue weighted by Gasteiger charge is -2.17. The quantitative estimate of drug-likeness (QED) is 0.212. The van der Waals surface area contributed by atoms with E-state index < -0.39 is 36.4 Å². The summed E-state index contributed by atoms with van der Waals surface area (Å²) in [6, 6.07) is 3.32. The molecule has 0 aliphatic rings. The van der Waals surface area contributed by atoms with Gasteiger partial charge in [-0.25, -0.2) is 9.59 Å². The molecule has 0 radical (unpaired) electrons. The topological polar surface area (TPSA) is 150 Å². The Morgan fingerprint density at radius 3 is 1.86 bits per heavy atom. The molecule has 0 amide bonds. The zero-order chi connectivity index (χ0) is 28.0. The molecule has 0 heterocycles. The zero-order valence-corrected chi connectivity index (χ0v) is 22.4. The Hall–Kier alpha value is -3.34. The number of ether oxygens (including phenoxy) is 6. The molecule has 0 saturated heterocycles. The average Bonchev–Trinajstić information content (AvgIpc) is 2.85. The van der Waals surface area contributed by atoms with Crippen LogP contribution in [0.3, 0.4) is 0 Å². The van der Waals surface area contributed by atoms with Crippen LogP contribution in [0.4, 0.5) is 9.59 Å². The van der Waals surface area contributed by atoms with E-state index >= 15 is 0 Å². The molecule has 0 saturated carbocycles. The van der Waals surface area contributed by atoms with Crippen LogP contribution < -0.4 is 15.2 Å². The van der Waals surface area contributed by atoms with Crippen molar-refractivity contribution in [3.05, 3.63) is 23.8 Å². The molecule has 0 aliphatic carbocycles. The van der Waals surface area contributed by atoms with Gasteiger partial charge in [-0.3, -0.25) is 9.59 Å². The number of benzene rings is 1. The van der Waals surface area contributed by atoms with Crippen molar-refractivity contribution < 1.29 is 47.6 Å². The summed E-state index contributed by atoms with van der Waals surface area (Å²) in [6.07, 6.45) is -0.947. The summed E-state index contributed by atoms with van der Waals surface area (Å²) in [6.45, 7) is 10.8. The molecule has 208 valence electrons. The lowest BCUT2D eigenvalue weighted by molar-refractivity contribution is -0.157. The number of hydrogen-bond donors (Lipinski definition) is 1. The maximum Gasteiger partial charge on any atom is 0.513 e. The first-order valence-electron chi connectivity index (χ1n) is 12.4. The molecule has 0 bridgehead atoms. The highest BCUT2D eigenvalue weighted by Crippen LogP contribution is 2.30. The Labute approximate surface area is 217 Å². The minimum absolute atomic E-state index is 0.0239. The summed E-state index contributed by atoms with van der Waals surface area (Å²) in [4.78, 5) is 47.6. The highest BCUT2D eigenvalue weighted by molar-refractivity contribution is 5.76. The van der Waals surface area contributed by atoms with Crippen molar-refractivity contribution in [2.75, 3.05) is 19.8 Å². The lowest BCUT2D eigenvalue weighted by Crippen LogP contribution is -2.37. The van der Waals surface area contributed by atoms with Crippen LogP contribution in [-0.4, -0.2) is 56.2 Å². The van der Waals surface area contributed by atoms with Crippen molar-refractivity contribution in [2.45, 2.75) is 73.0 Å². The molecule has 0 spiro atoms. The lowest BCUT2D eigenvalue weighted by atomic mass is 10.1. The Kier molecular flexibility index (Phi) is 14.1. The van der Waals surface area contributed by atoms with Gasteiger partial charge in [0.15, 0.2) is 11.5 Å². The van der Waals surface area contributed by atoms with Gasteiger partial charge in [-0.1, -0.05) is 46.6 Å². The second-order valence-electron chi connectivity index (χ2n) is 8.99. The Balaban J connectivity index is 2.94. The van der Waals surface area contributed by atoms with Gasteiger partial charge < -0.3 is 34.2 Å². The van der Waals surface area contributed by atoms with E-state index in [-0.39, 0.29) is 49.6 Å². The van der Waals surface area contributed by atoms with Crippen molar-refractivity contribution in [1.82, 2.24) is 0 Å². The van der Waals surface area contributed by atoms with Crippen molar-refractivity contribution in [3.63, 3.8) is 0 Å². The van der Waals surface area contributed by atoms with Crippen LogP contribution in [0.5, 0.6) is 11.5 Å². The summed E-state index contributed by atoms with van der Waals surface area (Å²) in [5.74, 6) is -1.07. The van der Waals surface area contributed by atoms with Gasteiger partial charge in [-0.15, -0.1) is 0 Å². The number of hydrogen-bond acceptors (Lipinski definition) is 11. The highest BCUT2D eigenvalue weighted by atomic mass is 16.7. The van der Waals surface area contributed by atoms with Gasteiger partial charge in [-0.05, 0) is 42.9 Å². The normalized spacial score (nSPS) is 13.9. The summed E-state index contributed by atoms with van der Waals surface area (Å²) in [7, 11) is 0. The van der Waals surface area contributed by atoms with Crippen LogP contribution >= 0.6 is 0 Å². The van der Waals surface area contributed by atoms with Crippen LogP contribution in [0.15, 0.2) is 18.2 Å². The van der Waals surface area contributed by atoms with E-state index in [9.17, 15) is 19.2 Å². The third-order valence-electron chi connectivity index (χ3n) is 5.36. The molecule has 11 nitrogen and oxygen atoms in total. The maximum absolute atomic E-state index is 12.3. The molecule has 0 fully saturated rings. The third kappa shape index (κ3) is 13.0. The second kappa shape index (κ2) is 16.4. The first-order chi connectivity index (χ1) is 17.4. The van der Waals surface area contributed by atoms with E-state index in [0.717, 1.165) is 12.8 Å². The molecule has 4 atom stereocenters. The van der Waals surface area contributed by atoms with Gasteiger partial charge in [0.1, 0.15) is 18.8 Å². The van der Waals surface area contributed by atoms with E-state index in [2.05, 4.69) is 0 Å². The molecule has 1 aromatic carbocycles. The maximum atomic E-state index is 12.3. The summed E-state index contributed by atoms with van der Waals surface area (Å²) < 4.78 is 30.8. The van der Waals surface area contributed by atoms with E-state index in [1.165, 1.54) is 19.1 Å². The van der Waals surface area contributed by atoms with Crippen molar-refractivity contribution in [2.24, 2.45) is 17.6 Å². The van der Waals surface area contributed by atoms with Gasteiger partial charge in [0.2, 0.25) is 0 Å². The first kappa shape index (κ1) is 31.7. The molecule has 2 N–H and O–H groups in total. The van der Waals surface area contributed by atoms with Crippen LogP contribution in [-0.2, 0) is 35.0 Å². The predicted octanol–water partition coefficient (Wildman–Crippen LogP) is 4.17. The van der Waals surface area contributed by atoms with E-state index in [4.69, 9.17) is 34.2 Å². The Morgan fingerprint density at radius 2 is 1.35 bits per heavy atom. The van der Waals surface area contributed by atoms with E-state index in [0.29, 0.717) is 5.56 Å². The molecule has 37 heavy (non-hydrogen) atoms. The van der Waals surface area contributed by atoms with Crippen LogP contribution in [0.1, 0.15) is 59.9 Å². The SMILES string of the molecule is CCC(C)COC(=O)Oc1ccc(C[C@H](N)C(=O)O[C@@H](C)COC(C)=O)cc1OC(=O)OCC(C)CC. The highest BCUT2D eigenvalue weighted by Gasteiger charge is 2.22. The summed E-state index contributed by atoms with van der Waals surface area (Å²) in [5, 5.41) is 0. The fourth-order valence-electron chi connectivity index (χ4n) is 2.63. The number of rotatable bonds is 14. The third-order valence-corrected chi connectivity index (χ3v) is 5.36. The molecule has 2 unspecified atom stereocenters. The molecular weight excluding hydrogens is 486 g/mol. The molecule has 11 heteroatoms. The smallest absolute Gasteiger partial charge is 0.462 e. The van der Waals surface area contributed by atoms with Gasteiger partial charge in [-0.2, -0.15) is 0 Å². The number of carbonyl (C=O) groups excluding carboxylic acids is 4. The fraction of sp³-hybridized carbons (Fsp3) is 0.615. The van der Waals surface area contributed by atoms with Crippen LogP contribution in [0.25, 0.3) is 0 Å². The largest absolute Gasteiger partial charge is 0.513 e. The van der Waals surface area contributed by atoms with Crippen LogP contribution in [0.2, 0.25) is 0 Å². The first-order valence-corrected chi connectivity index (χ1v) is 12.4. The molecular formula is C26H39NO10. The van der Waals surface area contributed by atoms with E-state index in [1.807, 2.05) is 27.7 Å². The van der Waals surface area contributed by atoms with Gasteiger partial charge >= 0.3 is 24.2 Å². The predicted molar refractivity (Wildman–Crippen MR) is 133 cm³/mol. The zero-order valence-electron chi connectivity index (χ0n) is 22.4. The summed E-state index contributed by atoms with van der Waals surface area (Å²) >= 11 is 0. The fourth-order valence-corrected chi connectivity index (χ4v) is 2.63. The monoisotopic (exact) mass is 525 g/mol. The number of esters is 2. The molecule has 0 aromatic heterocycles. The van der Waals surface area contributed by atoms with E-state index in [1.54, 1.807) is 13.0 Å². The molecule has 1 aromatic rings.